The highest BCUT2D eigenvalue weighted by molar-refractivity contribution is 7.99. The molecule has 0 amide bonds. The van der Waals surface area contributed by atoms with E-state index in [1.54, 1.807) is 18.0 Å². The van der Waals surface area contributed by atoms with Gasteiger partial charge in [0.1, 0.15) is 0 Å². The smallest absolute Gasteiger partial charge is 0.165 e. The second-order valence-corrected chi connectivity index (χ2v) is 5.08. The summed E-state index contributed by atoms with van der Waals surface area (Å²) in [4.78, 5) is 7.25. The molecule has 1 aromatic rings. The van der Waals surface area contributed by atoms with Gasteiger partial charge in [0, 0.05) is 18.1 Å². The summed E-state index contributed by atoms with van der Waals surface area (Å²) in [5, 5.41) is 0.994. The highest BCUT2D eigenvalue weighted by Crippen LogP contribution is 2.14. The Hall–Kier alpha value is -0.960. The summed E-state index contributed by atoms with van der Waals surface area (Å²) in [6, 6.07) is 0. The van der Waals surface area contributed by atoms with Gasteiger partial charge in [-0.1, -0.05) is 35.1 Å². The zero-order valence-corrected chi connectivity index (χ0v) is 11.1. The first-order chi connectivity index (χ1) is 7.68. The van der Waals surface area contributed by atoms with Crippen molar-refractivity contribution in [1.82, 2.24) is 9.97 Å². The predicted octanol–water partition coefficient (Wildman–Crippen LogP) is 4.19. The van der Waals surface area contributed by atoms with Crippen LogP contribution in [0.1, 0.15) is 33.6 Å². The van der Waals surface area contributed by atoms with Crippen LogP contribution in [0.15, 0.2) is 40.8 Å². The van der Waals surface area contributed by atoms with Crippen molar-refractivity contribution in [3.05, 3.63) is 35.7 Å². The molecular formula is C13H20N2S. The third-order valence-corrected chi connectivity index (χ3v) is 3.05. The van der Waals surface area contributed by atoms with E-state index in [4.69, 9.17) is 0 Å². The first-order valence-electron chi connectivity index (χ1n) is 5.59. The number of hydrogen-bond donors (Lipinski definition) is 1. The maximum absolute atomic E-state index is 4.17. The van der Waals surface area contributed by atoms with Crippen molar-refractivity contribution in [1.29, 1.82) is 0 Å². The highest BCUT2D eigenvalue weighted by Gasteiger charge is 1.93. The largest absolute Gasteiger partial charge is 0.340 e. The fourth-order valence-corrected chi connectivity index (χ4v) is 2.10. The molecule has 3 heteroatoms. The van der Waals surface area contributed by atoms with Crippen molar-refractivity contribution in [2.45, 2.75) is 38.8 Å². The van der Waals surface area contributed by atoms with Gasteiger partial charge in [-0.2, -0.15) is 0 Å². The van der Waals surface area contributed by atoms with Gasteiger partial charge in [0.25, 0.3) is 0 Å². The molecule has 0 aliphatic carbocycles. The van der Waals surface area contributed by atoms with Crippen LogP contribution in [0.4, 0.5) is 0 Å². The summed E-state index contributed by atoms with van der Waals surface area (Å²) < 4.78 is 0. The fraction of sp³-hybridized carbons (Fsp3) is 0.462. The summed E-state index contributed by atoms with van der Waals surface area (Å²) in [5.41, 5.74) is 2.86. The first-order valence-corrected chi connectivity index (χ1v) is 6.58. The lowest BCUT2D eigenvalue weighted by Crippen LogP contribution is -1.81. The number of imidazole rings is 1. The molecule has 0 aliphatic rings. The van der Waals surface area contributed by atoms with Gasteiger partial charge in [0.15, 0.2) is 5.16 Å². The van der Waals surface area contributed by atoms with Crippen LogP contribution in [0.5, 0.6) is 0 Å². The molecule has 1 N–H and O–H groups in total. The molecule has 0 unspecified atom stereocenters. The molecule has 0 spiro atoms. The van der Waals surface area contributed by atoms with E-state index in [9.17, 15) is 0 Å². The van der Waals surface area contributed by atoms with Gasteiger partial charge in [0.2, 0.25) is 0 Å². The van der Waals surface area contributed by atoms with Gasteiger partial charge in [-0.3, -0.25) is 0 Å². The van der Waals surface area contributed by atoms with E-state index in [0.717, 1.165) is 23.8 Å². The molecule has 0 fully saturated rings. The summed E-state index contributed by atoms with van der Waals surface area (Å²) in [6.07, 6.45) is 10.5. The monoisotopic (exact) mass is 236 g/mol. The van der Waals surface area contributed by atoms with Crippen LogP contribution < -0.4 is 0 Å². The third kappa shape index (κ3) is 5.81. The van der Waals surface area contributed by atoms with E-state index >= 15 is 0 Å². The minimum atomic E-state index is 0.994. The zero-order chi connectivity index (χ0) is 11.8. The van der Waals surface area contributed by atoms with Crippen LogP contribution in [-0.4, -0.2) is 15.7 Å². The lowest BCUT2D eigenvalue weighted by Gasteiger charge is -1.98. The highest BCUT2D eigenvalue weighted by atomic mass is 32.2. The molecular weight excluding hydrogens is 216 g/mol. The fourth-order valence-electron chi connectivity index (χ4n) is 1.28. The van der Waals surface area contributed by atoms with Gasteiger partial charge in [-0.25, -0.2) is 4.98 Å². The number of rotatable bonds is 6. The van der Waals surface area contributed by atoms with Crippen molar-refractivity contribution in [3.63, 3.8) is 0 Å². The van der Waals surface area contributed by atoms with Crippen molar-refractivity contribution in [3.8, 4) is 0 Å². The van der Waals surface area contributed by atoms with Gasteiger partial charge >= 0.3 is 0 Å². The number of nitrogens with one attached hydrogen (secondary N) is 1. The van der Waals surface area contributed by atoms with Crippen LogP contribution in [0, 0.1) is 0 Å². The summed E-state index contributed by atoms with van der Waals surface area (Å²) in [7, 11) is 0. The Morgan fingerprint density at radius 3 is 2.81 bits per heavy atom. The topological polar surface area (TPSA) is 28.7 Å². The number of thioether (sulfide) groups is 1. The van der Waals surface area contributed by atoms with E-state index in [0.29, 0.717) is 0 Å². The van der Waals surface area contributed by atoms with Crippen molar-refractivity contribution < 1.29 is 0 Å². The average Bonchev–Trinajstić information content (AvgIpc) is 2.70. The number of aromatic amines is 1. The molecule has 1 heterocycles. The molecule has 0 radical (unpaired) electrons. The van der Waals surface area contributed by atoms with Crippen LogP contribution in [0.3, 0.4) is 0 Å². The Kier molecular flexibility index (Phi) is 6.01. The van der Waals surface area contributed by atoms with E-state index < -0.39 is 0 Å². The Morgan fingerprint density at radius 2 is 2.19 bits per heavy atom. The Morgan fingerprint density at radius 1 is 1.38 bits per heavy atom. The van der Waals surface area contributed by atoms with E-state index in [-0.39, 0.29) is 0 Å². The standard InChI is InChI=1S/C13H20N2S/c1-11(2)5-4-6-12(3)7-10-16-13-14-8-9-15-13/h5,7-9H,4,6,10H2,1-3H3,(H,14,15)/b12-7+. The van der Waals surface area contributed by atoms with E-state index in [1.165, 1.54) is 11.1 Å². The predicted molar refractivity (Wildman–Crippen MR) is 71.7 cm³/mol. The minimum absolute atomic E-state index is 0.994. The van der Waals surface area contributed by atoms with Crippen molar-refractivity contribution in [2.24, 2.45) is 0 Å². The van der Waals surface area contributed by atoms with Crippen LogP contribution in [0.25, 0.3) is 0 Å². The number of allylic oxidation sites excluding steroid dienone is 3. The maximum Gasteiger partial charge on any atom is 0.165 e. The van der Waals surface area contributed by atoms with Gasteiger partial charge in [-0.05, 0) is 33.6 Å². The summed E-state index contributed by atoms with van der Waals surface area (Å²) >= 11 is 1.74. The number of nitrogens with zero attached hydrogens (tertiary/aromatic N) is 1. The molecule has 0 aliphatic heterocycles. The molecule has 0 saturated heterocycles. The number of H-pyrrole nitrogens is 1. The van der Waals surface area contributed by atoms with E-state index in [1.807, 2.05) is 6.20 Å². The maximum atomic E-state index is 4.17. The van der Waals surface area contributed by atoms with Crippen molar-refractivity contribution in [2.75, 3.05) is 5.75 Å². The molecule has 16 heavy (non-hydrogen) atoms. The average molecular weight is 236 g/mol. The van der Waals surface area contributed by atoms with Gasteiger partial charge in [0.05, 0.1) is 0 Å². The quantitative estimate of drug-likeness (QED) is 0.592. The molecule has 2 nitrogen and oxygen atoms in total. The van der Waals surface area contributed by atoms with Crippen LogP contribution in [0.2, 0.25) is 0 Å². The van der Waals surface area contributed by atoms with Crippen LogP contribution >= 0.6 is 11.8 Å². The lowest BCUT2D eigenvalue weighted by atomic mass is 10.1. The molecule has 0 saturated carbocycles. The van der Waals surface area contributed by atoms with Crippen molar-refractivity contribution >= 4 is 11.8 Å². The molecule has 0 aromatic carbocycles. The molecule has 0 bridgehead atoms. The second kappa shape index (κ2) is 7.34. The Labute approximate surface area is 102 Å². The zero-order valence-electron chi connectivity index (χ0n) is 10.3. The van der Waals surface area contributed by atoms with E-state index in [2.05, 4.69) is 42.9 Å². The SMILES string of the molecule is CC(C)=CCC/C(C)=C/CSc1ncc[nH]1. The third-order valence-electron chi connectivity index (χ3n) is 2.22. The first kappa shape index (κ1) is 13.1. The summed E-state index contributed by atoms with van der Waals surface area (Å²) in [5.74, 6) is 0.994. The Bertz CT molecular complexity index is 346. The van der Waals surface area contributed by atoms with Crippen LogP contribution in [-0.2, 0) is 0 Å². The minimum Gasteiger partial charge on any atom is -0.340 e. The molecule has 88 valence electrons. The normalized spacial score (nSPS) is 11.6. The van der Waals surface area contributed by atoms with Gasteiger partial charge in [-0.15, -0.1) is 0 Å². The number of hydrogen-bond acceptors (Lipinski definition) is 2. The second-order valence-electron chi connectivity index (χ2n) is 4.08. The molecule has 1 aromatic heterocycles. The number of aromatic nitrogens is 2. The molecule has 0 atom stereocenters. The van der Waals surface area contributed by atoms with Gasteiger partial charge < -0.3 is 4.98 Å². The lowest BCUT2D eigenvalue weighted by molar-refractivity contribution is 0.964. The molecule has 1 rings (SSSR count). The summed E-state index contributed by atoms with van der Waals surface area (Å²) in [6.45, 7) is 6.49. The Balaban J connectivity index is 2.21.